The summed E-state index contributed by atoms with van der Waals surface area (Å²) in [7, 11) is 0. The molecule has 2 saturated heterocycles. The van der Waals surface area contributed by atoms with E-state index in [1.54, 1.807) is 36.4 Å². The third kappa shape index (κ3) is 2.55. The van der Waals surface area contributed by atoms with E-state index < -0.39 is 18.1 Å². The molecular weight excluding hydrogens is 318 g/mol. The maximum Gasteiger partial charge on any atom is 0.332 e. The van der Waals surface area contributed by atoms with Gasteiger partial charge in [-0.15, -0.1) is 0 Å². The molecule has 2 heterocycles. The van der Waals surface area contributed by atoms with Gasteiger partial charge in [0.15, 0.2) is 0 Å². The number of anilines is 2. The zero-order valence-corrected chi connectivity index (χ0v) is 13.5. The molecular formula is C19H17N3O3. The first-order valence-electron chi connectivity index (χ1n) is 8.24. The minimum Gasteiger partial charge on any atom is -0.324 e. The van der Waals surface area contributed by atoms with Crippen LogP contribution in [0.3, 0.4) is 0 Å². The molecule has 0 aliphatic carbocycles. The second-order valence-corrected chi connectivity index (χ2v) is 6.16. The van der Waals surface area contributed by atoms with Gasteiger partial charge in [-0.1, -0.05) is 36.4 Å². The SMILES string of the molecule is O=C(Nc1ccccc1)C1CCC2C(=O)N(c3ccccc3)C(=O)N12. The Hall–Kier alpha value is -3.15. The van der Waals surface area contributed by atoms with E-state index in [0.29, 0.717) is 24.2 Å². The van der Waals surface area contributed by atoms with Gasteiger partial charge in [-0.05, 0) is 37.1 Å². The van der Waals surface area contributed by atoms with Crippen molar-refractivity contribution in [2.24, 2.45) is 0 Å². The Balaban J connectivity index is 1.57. The quantitative estimate of drug-likeness (QED) is 0.877. The molecule has 0 radical (unpaired) electrons. The lowest BCUT2D eigenvalue weighted by atomic mass is 10.1. The van der Waals surface area contributed by atoms with Gasteiger partial charge < -0.3 is 5.32 Å². The summed E-state index contributed by atoms with van der Waals surface area (Å²) in [5.41, 5.74) is 1.21. The van der Waals surface area contributed by atoms with E-state index in [0.717, 1.165) is 0 Å². The predicted molar refractivity (Wildman–Crippen MR) is 93.0 cm³/mol. The van der Waals surface area contributed by atoms with Gasteiger partial charge in [0, 0.05) is 5.69 Å². The highest BCUT2D eigenvalue weighted by molar-refractivity contribution is 6.22. The molecule has 4 amide bonds. The van der Waals surface area contributed by atoms with Crippen molar-refractivity contribution in [1.82, 2.24) is 4.90 Å². The zero-order chi connectivity index (χ0) is 17.4. The van der Waals surface area contributed by atoms with Gasteiger partial charge in [0.2, 0.25) is 5.91 Å². The minimum absolute atomic E-state index is 0.258. The molecule has 6 heteroatoms. The zero-order valence-electron chi connectivity index (χ0n) is 13.5. The van der Waals surface area contributed by atoms with Crippen molar-refractivity contribution in [1.29, 1.82) is 0 Å². The van der Waals surface area contributed by atoms with Crippen LogP contribution in [0.5, 0.6) is 0 Å². The van der Waals surface area contributed by atoms with E-state index in [2.05, 4.69) is 5.32 Å². The summed E-state index contributed by atoms with van der Waals surface area (Å²) >= 11 is 0. The van der Waals surface area contributed by atoms with Crippen LogP contribution in [0.2, 0.25) is 0 Å². The first-order valence-corrected chi connectivity index (χ1v) is 8.24. The normalized spacial score (nSPS) is 22.2. The van der Waals surface area contributed by atoms with Gasteiger partial charge in [-0.25, -0.2) is 9.69 Å². The van der Waals surface area contributed by atoms with Crippen LogP contribution in [0.4, 0.5) is 16.2 Å². The number of rotatable bonds is 3. The average molecular weight is 335 g/mol. The smallest absolute Gasteiger partial charge is 0.324 e. The molecule has 2 aromatic rings. The average Bonchev–Trinajstić information content (AvgIpc) is 3.17. The van der Waals surface area contributed by atoms with Crippen LogP contribution < -0.4 is 10.2 Å². The molecule has 2 aliphatic rings. The molecule has 2 aliphatic heterocycles. The lowest BCUT2D eigenvalue weighted by molar-refractivity contribution is -0.121. The van der Waals surface area contributed by atoms with Crippen LogP contribution in [-0.4, -0.2) is 34.8 Å². The molecule has 2 fully saturated rings. The lowest BCUT2D eigenvalue weighted by Gasteiger charge is -2.22. The van der Waals surface area contributed by atoms with E-state index in [9.17, 15) is 14.4 Å². The number of nitrogens with one attached hydrogen (secondary N) is 1. The third-order valence-electron chi connectivity index (χ3n) is 4.66. The molecule has 0 spiro atoms. The molecule has 0 aromatic heterocycles. The number of imide groups is 1. The van der Waals surface area contributed by atoms with Gasteiger partial charge in [0.25, 0.3) is 5.91 Å². The highest BCUT2D eigenvalue weighted by Gasteiger charge is 2.54. The van der Waals surface area contributed by atoms with Crippen molar-refractivity contribution >= 4 is 29.2 Å². The number of hydrogen-bond acceptors (Lipinski definition) is 3. The maximum atomic E-state index is 12.8. The van der Waals surface area contributed by atoms with Crippen LogP contribution >= 0.6 is 0 Å². The molecule has 4 rings (SSSR count). The maximum absolute atomic E-state index is 12.8. The summed E-state index contributed by atoms with van der Waals surface area (Å²) in [4.78, 5) is 40.7. The van der Waals surface area contributed by atoms with E-state index in [4.69, 9.17) is 0 Å². The first kappa shape index (κ1) is 15.4. The highest BCUT2D eigenvalue weighted by Crippen LogP contribution is 2.35. The summed E-state index contributed by atoms with van der Waals surface area (Å²) in [6, 6.07) is 16.3. The predicted octanol–water partition coefficient (Wildman–Crippen LogP) is 2.62. The molecule has 2 aromatic carbocycles. The van der Waals surface area contributed by atoms with Crippen molar-refractivity contribution in [3.8, 4) is 0 Å². The Labute approximate surface area is 145 Å². The number of carbonyl (C=O) groups excluding carboxylic acids is 3. The number of amides is 4. The summed E-state index contributed by atoms with van der Waals surface area (Å²) in [6.45, 7) is 0. The molecule has 126 valence electrons. The first-order chi connectivity index (χ1) is 12.2. The molecule has 0 saturated carbocycles. The molecule has 1 N–H and O–H groups in total. The van der Waals surface area contributed by atoms with Crippen LogP contribution in [-0.2, 0) is 9.59 Å². The minimum atomic E-state index is -0.629. The van der Waals surface area contributed by atoms with E-state index >= 15 is 0 Å². The van der Waals surface area contributed by atoms with Crippen LogP contribution in [0, 0.1) is 0 Å². The molecule has 2 unspecified atom stereocenters. The number of fused-ring (bicyclic) bond motifs is 1. The van der Waals surface area contributed by atoms with Gasteiger partial charge in [-0.2, -0.15) is 0 Å². The number of hydrogen-bond donors (Lipinski definition) is 1. The van der Waals surface area contributed by atoms with E-state index in [-0.39, 0.29) is 11.8 Å². The summed E-state index contributed by atoms with van der Waals surface area (Å²) < 4.78 is 0. The molecule has 6 nitrogen and oxygen atoms in total. The van der Waals surface area contributed by atoms with Crippen LogP contribution in [0.15, 0.2) is 60.7 Å². The standard InChI is InChI=1S/C19H17N3O3/c23-17(20-13-7-3-1-4-8-13)15-11-12-16-18(24)21(19(25)22(15)16)14-9-5-2-6-10-14/h1-10,15-16H,11-12H2,(H,20,23). The van der Waals surface area contributed by atoms with Crippen LogP contribution in [0.25, 0.3) is 0 Å². The molecule has 0 bridgehead atoms. The Bertz CT molecular complexity index is 822. The van der Waals surface area contributed by atoms with E-state index in [1.165, 1.54) is 9.80 Å². The van der Waals surface area contributed by atoms with Gasteiger partial charge in [-0.3, -0.25) is 14.5 Å². The molecule has 25 heavy (non-hydrogen) atoms. The number of urea groups is 1. The highest BCUT2D eigenvalue weighted by atomic mass is 16.2. The fourth-order valence-electron chi connectivity index (χ4n) is 3.50. The van der Waals surface area contributed by atoms with Crippen molar-refractivity contribution in [2.45, 2.75) is 24.9 Å². The largest absolute Gasteiger partial charge is 0.332 e. The Morgan fingerprint density at radius 3 is 2.24 bits per heavy atom. The fraction of sp³-hybridized carbons (Fsp3) is 0.211. The van der Waals surface area contributed by atoms with Crippen molar-refractivity contribution in [3.63, 3.8) is 0 Å². The second kappa shape index (κ2) is 6.05. The Morgan fingerprint density at radius 1 is 0.920 bits per heavy atom. The van der Waals surface area contributed by atoms with Gasteiger partial charge >= 0.3 is 6.03 Å². The second-order valence-electron chi connectivity index (χ2n) is 6.16. The number of para-hydroxylation sites is 2. The number of benzene rings is 2. The van der Waals surface area contributed by atoms with E-state index in [1.807, 2.05) is 24.3 Å². The number of nitrogens with zero attached hydrogens (tertiary/aromatic N) is 2. The summed E-state index contributed by atoms with van der Waals surface area (Å²) in [5, 5.41) is 2.82. The Kier molecular flexibility index (Phi) is 3.72. The van der Waals surface area contributed by atoms with Gasteiger partial charge in [0.05, 0.1) is 5.69 Å². The van der Waals surface area contributed by atoms with Crippen molar-refractivity contribution < 1.29 is 14.4 Å². The van der Waals surface area contributed by atoms with Crippen LogP contribution in [0.1, 0.15) is 12.8 Å². The molecule has 2 atom stereocenters. The summed E-state index contributed by atoms with van der Waals surface area (Å²) in [6.07, 6.45) is 0.990. The third-order valence-corrected chi connectivity index (χ3v) is 4.66. The summed E-state index contributed by atoms with van der Waals surface area (Å²) in [5.74, 6) is -0.518. The lowest BCUT2D eigenvalue weighted by Crippen LogP contribution is -2.44. The number of carbonyl (C=O) groups is 3. The topological polar surface area (TPSA) is 69.7 Å². The Morgan fingerprint density at radius 2 is 1.56 bits per heavy atom. The van der Waals surface area contributed by atoms with Gasteiger partial charge in [0.1, 0.15) is 12.1 Å². The van der Waals surface area contributed by atoms with Crippen molar-refractivity contribution in [3.05, 3.63) is 60.7 Å². The fourth-order valence-corrected chi connectivity index (χ4v) is 3.50. The monoisotopic (exact) mass is 335 g/mol. The van der Waals surface area contributed by atoms with Crippen molar-refractivity contribution in [2.75, 3.05) is 10.2 Å².